The molecule has 0 aromatic heterocycles. The van der Waals surface area contributed by atoms with Crippen LogP contribution in [0.5, 0.6) is 0 Å². The van der Waals surface area contributed by atoms with Crippen molar-refractivity contribution >= 4 is 17.7 Å². The summed E-state index contributed by atoms with van der Waals surface area (Å²) in [6.07, 6.45) is 74.1. The van der Waals surface area contributed by atoms with E-state index >= 15 is 0 Å². The Hall–Kier alpha value is -1.45. The number of hydrogen-bond acceptors (Lipinski definition) is 4. The highest BCUT2D eigenvalue weighted by atomic mass is 16.6. The zero-order valence-corrected chi connectivity index (χ0v) is 45.2. The molecule has 0 rings (SSSR count). The third-order valence-corrected chi connectivity index (χ3v) is 14.3. The van der Waals surface area contributed by atoms with Crippen molar-refractivity contribution in [1.29, 1.82) is 0 Å². The van der Waals surface area contributed by atoms with Gasteiger partial charge in [0.2, 0.25) is 0 Å². The molecule has 0 amide bonds. The van der Waals surface area contributed by atoms with Crippen molar-refractivity contribution in [1.82, 2.24) is 0 Å². The first-order valence-corrected chi connectivity index (χ1v) is 30.5. The molecule has 390 valence electrons. The number of ketones is 1. The van der Waals surface area contributed by atoms with Gasteiger partial charge in [-0.05, 0) is 51.4 Å². The molecule has 0 atom stereocenters. The molecule has 4 heteroatoms. The van der Waals surface area contributed by atoms with E-state index in [1.54, 1.807) is 0 Å². The van der Waals surface area contributed by atoms with Crippen LogP contribution < -0.4 is 0 Å². The fraction of sp³-hybridized carbons (Fsp3) is 0.919. The van der Waals surface area contributed by atoms with Crippen molar-refractivity contribution < 1.29 is 19.1 Å². The second kappa shape index (κ2) is 57.9. The number of ether oxygens (including phenoxy) is 1. The second-order valence-electron chi connectivity index (χ2n) is 21.1. The van der Waals surface area contributed by atoms with E-state index < -0.39 is 0 Å². The first-order valence-electron chi connectivity index (χ1n) is 30.5. The number of carbonyl (C=O) groups is 3. The third kappa shape index (κ3) is 56.9. The van der Waals surface area contributed by atoms with Crippen LogP contribution in [0.3, 0.4) is 0 Å². The zero-order chi connectivity index (χ0) is 47.7. The van der Waals surface area contributed by atoms with Gasteiger partial charge in [0.05, 0.1) is 0 Å². The maximum Gasteiger partial charge on any atom is 0.313 e. The smallest absolute Gasteiger partial charge is 0.313 e. The monoisotopic (exact) mass is 927 g/mol. The summed E-state index contributed by atoms with van der Waals surface area (Å²) >= 11 is 0. The maximum absolute atomic E-state index is 12.3. The van der Waals surface area contributed by atoms with E-state index in [9.17, 15) is 14.4 Å². The Balaban J connectivity index is 3.31. The van der Waals surface area contributed by atoms with Gasteiger partial charge in [0, 0.05) is 25.7 Å². The molecule has 0 aromatic rings. The van der Waals surface area contributed by atoms with E-state index in [0.717, 1.165) is 64.2 Å². The molecule has 0 aliphatic rings. The fourth-order valence-electron chi connectivity index (χ4n) is 9.69. The van der Waals surface area contributed by atoms with Gasteiger partial charge < -0.3 is 4.74 Å². The van der Waals surface area contributed by atoms with E-state index in [2.05, 4.69) is 26.0 Å². The molecule has 0 aliphatic carbocycles. The van der Waals surface area contributed by atoms with Crippen LogP contribution in [-0.2, 0) is 19.1 Å². The Morgan fingerprint density at radius 1 is 0.242 bits per heavy atom. The molecular formula is C62H118O4. The van der Waals surface area contributed by atoms with Crippen LogP contribution in [0.2, 0.25) is 0 Å². The summed E-state index contributed by atoms with van der Waals surface area (Å²) in [6.45, 7) is 4.59. The van der Waals surface area contributed by atoms with Crippen molar-refractivity contribution in [2.75, 3.05) is 0 Å². The van der Waals surface area contributed by atoms with Crippen molar-refractivity contribution in [2.45, 2.75) is 367 Å². The fourth-order valence-corrected chi connectivity index (χ4v) is 9.69. The molecule has 0 aromatic carbocycles. The number of Topliss-reactive ketones (excluding diaryl/α,β-unsaturated/α-hetero) is 1. The van der Waals surface area contributed by atoms with Crippen LogP contribution in [0, 0.1) is 0 Å². The molecule has 0 spiro atoms. The number of carbonyl (C=O) groups excluding carboxylic acids is 3. The number of esters is 2. The lowest BCUT2D eigenvalue weighted by Gasteiger charge is -2.05. The largest absolute Gasteiger partial charge is 0.393 e. The molecule has 4 nitrogen and oxygen atoms in total. The van der Waals surface area contributed by atoms with Crippen molar-refractivity contribution in [2.24, 2.45) is 0 Å². The summed E-state index contributed by atoms with van der Waals surface area (Å²) in [5.41, 5.74) is 0. The average Bonchev–Trinajstić information content (AvgIpc) is 3.31. The first-order chi connectivity index (χ1) is 32.6. The van der Waals surface area contributed by atoms with Gasteiger partial charge in [0.15, 0.2) is 0 Å². The highest BCUT2D eigenvalue weighted by Crippen LogP contribution is 2.18. The number of unbranched alkanes of at least 4 members (excludes halogenated alkanes) is 47. The minimum atomic E-state index is -0.341. The summed E-state index contributed by atoms with van der Waals surface area (Å²) in [5.74, 6) is -0.179. The predicted octanol–water partition coefficient (Wildman–Crippen LogP) is 21.7. The molecule has 0 fully saturated rings. The van der Waals surface area contributed by atoms with Gasteiger partial charge in [-0.2, -0.15) is 0 Å². The summed E-state index contributed by atoms with van der Waals surface area (Å²) in [6, 6.07) is 0. The van der Waals surface area contributed by atoms with Crippen molar-refractivity contribution in [3.8, 4) is 0 Å². The van der Waals surface area contributed by atoms with Crippen LogP contribution in [0.25, 0.3) is 0 Å². The van der Waals surface area contributed by atoms with Crippen LogP contribution in [0.4, 0.5) is 0 Å². The van der Waals surface area contributed by atoms with Gasteiger partial charge >= 0.3 is 11.9 Å². The van der Waals surface area contributed by atoms with Crippen molar-refractivity contribution in [3.63, 3.8) is 0 Å². The summed E-state index contributed by atoms with van der Waals surface area (Å²) in [4.78, 5) is 36.5. The Kier molecular flexibility index (Phi) is 56.6. The van der Waals surface area contributed by atoms with E-state index in [1.807, 2.05) is 0 Å². The number of hydrogen-bond donors (Lipinski definition) is 0. The zero-order valence-electron chi connectivity index (χ0n) is 45.2. The third-order valence-electron chi connectivity index (χ3n) is 14.3. The molecule has 0 bridgehead atoms. The molecular weight excluding hydrogens is 809 g/mol. The Morgan fingerprint density at radius 3 is 0.652 bits per heavy atom. The van der Waals surface area contributed by atoms with Crippen molar-refractivity contribution in [3.05, 3.63) is 12.2 Å². The lowest BCUT2D eigenvalue weighted by atomic mass is 10.0. The average molecular weight is 928 g/mol. The summed E-state index contributed by atoms with van der Waals surface area (Å²) in [7, 11) is 0. The lowest BCUT2D eigenvalue weighted by molar-refractivity contribution is -0.159. The Labute approximate surface area is 414 Å². The first kappa shape index (κ1) is 64.5. The van der Waals surface area contributed by atoms with Crippen LogP contribution >= 0.6 is 0 Å². The standard InChI is InChI=1S/C62H118O4/c1-3-5-7-9-11-13-15-17-19-21-23-25-28-32-36-40-44-48-52-56-60(63)57-53-49-45-41-37-33-29-27-31-35-39-43-47-51-55-59-62(65)66-61(64)58-54-50-46-42-38-34-30-26-24-22-20-18-16-14-12-10-8-6-4-2/h27,31H,3-26,28-30,32-59H2,1-2H3/b31-27-. The normalized spacial score (nSPS) is 11.6. The summed E-state index contributed by atoms with van der Waals surface area (Å²) < 4.78 is 5.07. The van der Waals surface area contributed by atoms with Gasteiger partial charge in [0.25, 0.3) is 0 Å². The van der Waals surface area contributed by atoms with E-state index in [1.165, 1.54) is 276 Å². The minimum absolute atomic E-state index is 0.335. The Bertz CT molecular complexity index is 1000. The Morgan fingerprint density at radius 2 is 0.424 bits per heavy atom. The molecule has 0 saturated heterocycles. The highest BCUT2D eigenvalue weighted by Gasteiger charge is 2.10. The summed E-state index contributed by atoms with van der Waals surface area (Å²) in [5, 5.41) is 0. The van der Waals surface area contributed by atoms with Gasteiger partial charge in [-0.25, -0.2) is 0 Å². The number of allylic oxidation sites excluding steroid dienone is 2. The van der Waals surface area contributed by atoms with E-state index in [-0.39, 0.29) is 11.9 Å². The molecule has 0 radical (unpaired) electrons. The highest BCUT2D eigenvalue weighted by molar-refractivity contribution is 5.85. The quantitative estimate of drug-likeness (QED) is 0.0264. The van der Waals surface area contributed by atoms with Crippen LogP contribution in [0.1, 0.15) is 367 Å². The molecule has 0 aliphatic heterocycles. The molecule has 66 heavy (non-hydrogen) atoms. The second-order valence-corrected chi connectivity index (χ2v) is 21.1. The molecule has 0 saturated carbocycles. The number of rotatable bonds is 57. The maximum atomic E-state index is 12.3. The van der Waals surface area contributed by atoms with Gasteiger partial charge in [-0.1, -0.05) is 302 Å². The molecule has 0 unspecified atom stereocenters. The minimum Gasteiger partial charge on any atom is -0.393 e. The van der Waals surface area contributed by atoms with Gasteiger partial charge in [-0.15, -0.1) is 0 Å². The SMILES string of the molecule is CCCCCCCCCCCCCCCCCCCCCC(=O)CCCCCCCC/C=C\CCCCCCCC(=O)OC(=O)CCCCCCCCCCCCCCCCCCCCC. The van der Waals surface area contributed by atoms with E-state index in [4.69, 9.17) is 4.74 Å². The topological polar surface area (TPSA) is 60.4 Å². The lowest BCUT2D eigenvalue weighted by Crippen LogP contribution is -2.11. The van der Waals surface area contributed by atoms with E-state index in [0.29, 0.717) is 18.6 Å². The molecule has 0 N–H and O–H groups in total. The van der Waals surface area contributed by atoms with Gasteiger partial charge in [-0.3, -0.25) is 14.4 Å². The molecule has 0 heterocycles. The van der Waals surface area contributed by atoms with Gasteiger partial charge in [0.1, 0.15) is 5.78 Å². The van der Waals surface area contributed by atoms with Crippen LogP contribution in [0.15, 0.2) is 12.2 Å². The predicted molar refractivity (Wildman–Crippen MR) is 291 cm³/mol. The van der Waals surface area contributed by atoms with Crippen LogP contribution in [-0.4, -0.2) is 17.7 Å².